The number of nitrogens with zero attached hydrogens (tertiary/aromatic N) is 2. The Bertz CT molecular complexity index is 829. The highest BCUT2D eigenvalue weighted by molar-refractivity contribution is 7.89. The molecule has 6 nitrogen and oxygen atoms in total. The summed E-state index contributed by atoms with van der Waals surface area (Å²) in [5.41, 5.74) is 2.95. The van der Waals surface area contributed by atoms with Crippen LogP contribution in [0.15, 0.2) is 41.3 Å². The van der Waals surface area contributed by atoms with E-state index in [0.29, 0.717) is 0 Å². The summed E-state index contributed by atoms with van der Waals surface area (Å²) in [5.74, 6) is 0.768. The monoisotopic (exact) mass is 360 g/mol. The van der Waals surface area contributed by atoms with Gasteiger partial charge in [0.2, 0.25) is 10.0 Å². The summed E-state index contributed by atoms with van der Waals surface area (Å²) in [6, 6.07) is 10.8. The number of aryl methyl sites for hydroxylation is 1. The zero-order valence-electron chi connectivity index (χ0n) is 14.6. The van der Waals surface area contributed by atoms with Crippen molar-refractivity contribution in [3.63, 3.8) is 0 Å². The molecule has 0 spiro atoms. The molecule has 0 radical (unpaired) electrons. The van der Waals surface area contributed by atoms with E-state index >= 15 is 0 Å². The van der Waals surface area contributed by atoms with Crippen molar-refractivity contribution in [3.8, 4) is 0 Å². The van der Waals surface area contributed by atoms with E-state index in [1.54, 1.807) is 24.3 Å². The lowest BCUT2D eigenvalue weighted by atomic mass is 10.1. The Morgan fingerprint density at radius 2 is 1.72 bits per heavy atom. The zero-order chi connectivity index (χ0) is 17.9. The number of hydrogen-bond donors (Lipinski definition) is 2. The summed E-state index contributed by atoms with van der Waals surface area (Å²) >= 11 is 0. The Balaban J connectivity index is 1.79. The van der Waals surface area contributed by atoms with Gasteiger partial charge in [0.25, 0.3) is 0 Å². The maximum atomic E-state index is 11.8. The van der Waals surface area contributed by atoms with Crippen LogP contribution in [0.5, 0.6) is 0 Å². The lowest BCUT2D eigenvalue weighted by molar-refractivity contribution is 0.577. The van der Waals surface area contributed by atoms with Gasteiger partial charge < -0.3 is 10.2 Å². The Kier molecular flexibility index (Phi) is 5.24. The Labute approximate surface area is 149 Å². The fourth-order valence-electron chi connectivity index (χ4n) is 3.03. The Morgan fingerprint density at radius 3 is 2.36 bits per heavy atom. The van der Waals surface area contributed by atoms with Crippen LogP contribution in [0.2, 0.25) is 0 Å². The zero-order valence-corrected chi connectivity index (χ0v) is 15.4. The summed E-state index contributed by atoms with van der Waals surface area (Å²) in [4.78, 5) is 7.18. The van der Waals surface area contributed by atoms with Crippen LogP contribution in [0.3, 0.4) is 0 Å². The van der Waals surface area contributed by atoms with Crippen molar-refractivity contribution in [1.82, 2.24) is 9.71 Å². The van der Waals surface area contributed by atoms with Gasteiger partial charge in [-0.05, 0) is 63.6 Å². The number of rotatable bonds is 5. The summed E-state index contributed by atoms with van der Waals surface area (Å²) in [5, 5.41) is 3.27. The van der Waals surface area contributed by atoms with Crippen LogP contribution < -0.4 is 14.9 Å². The second kappa shape index (κ2) is 7.41. The minimum absolute atomic E-state index is 0.242. The van der Waals surface area contributed by atoms with E-state index < -0.39 is 10.0 Å². The molecule has 2 heterocycles. The maximum Gasteiger partial charge on any atom is 0.240 e. The third-order valence-electron chi connectivity index (χ3n) is 4.37. The average molecular weight is 360 g/mol. The summed E-state index contributed by atoms with van der Waals surface area (Å²) < 4.78 is 25.9. The van der Waals surface area contributed by atoms with Crippen molar-refractivity contribution in [3.05, 3.63) is 42.1 Å². The van der Waals surface area contributed by atoms with E-state index in [4.69, 9.17) is 0 Å². The van der Waals surface area contributed by atoms with Crippen molar-refractivity contribution in [2.75, 3.05) is 30.4 Å². The number of sulfonamides is 1. The largest absolute Gasteiger partial charge is 0.371 e. The van der Waals surface area contributed by atoms with Crippen molar-refractivity contribution in [2.45, 2.75) is 31.1 Å². The lowest BCUT2D eigenvalue weighted by Crippen LogP contribution is -2.29. The number of anilines is 3. The van der Waals surface area contributed by atoms with Gasteiger partial charge in [0.1, 0.15) is 5.82 Å². The van der Waals surface area contributed by atoms with Gasteiger partial charge in [-0.3, -0.25) is 0 Å². The molecule has 1 aliphatic heterocycles. The highest BCUT2D eigenvalue weighted by Gasteiger charge is 2.13. The second-order valence-corrected chi connectivity index (χ2v) is 8.14. The molecule has 1 aromatic carbocycles. The van der Waals surface area contributed by atoms with E-state index in [0.717, 1.165) is 30.3 Å². The molecular formula is C18H24N4O2S. The normalized spacial score (nSPS) is 15.2. The van der Waals surface area contributed by atoms with Gasteiger partial charge in [0.15, 0.2) is 0 Å². The van der Waals surface area contributed by atoms with Crippen LogP contribution in [0, 0.1) is 6.92 Å². The van der Waals surface area contributed by atoms with Crippen molar-refractivity contribution < 1.29 is 8.42 Å². The van der Waals surface area contributed by atoms with Gasteiger partial charge in [0, 0.05) is 36.2 Å². The highest BCUT2D eigenvalue weighted by atomic mass is 32.2. The van der Waals surface area contributed by atoms with Gasteiger partial charge in [-0.15, -0.1) is 0 Å². The van der Waals surface area contributed by atoms with Crippen LogP contribution in [-0.2, 0) is 10.0 Å². The molecule has 3 rings (SSSR count). The van der Waals surface area contributed by atoms with E-state index in [-0.39, 0.29) is 4.90 Å². The van der Waals surface area contributed by atoms with E-state index in [1.807, 2.05) is 6.92 Å². The molecule has 1 saturated heterocycles. The van der Waals surface area contributed by atoms with E-state index in [2.05, 4.69) is 32.1 Å². The quantitative estimate of drug-likeness (QED) is 0.857. The van der Waals surface area contributed by atoms with E-state index in [1.165, 1.54) is 32.0 Å². The van der Waals surface area contributed by atoms with Gasteiger partial charge in [0.05, 0.1) is 4.90 Å². The molecule has 1 fully saturated rings. The number of piperidine rings is 1. The number of pyridine rings is 1. The lowest BCUT2D eigenvalue weighted by Gasteiger charge is -2.29. The molecule has 7 heteroatoms. The van der Waals surface area contributed by atoms with Gasteiger partial charge in [-0.2, -0.15) is 0 Å². The molecule has 0 saturated carbocycles. The first kappa shape index (κ1) is 17.7. The van der Waals surface area contributed by atoms with Gasteiger partial charge in [-0.1, -0.05) is 0 Å². The average Bonchev–Trinajstić information content (AvgIpc) is 2.62. The molecule has 0 unspecified atom stereocenters. The predicted octanol–water partition coefficient (Wildman–Crippen LogP) is 3.03. The number of benzene rings is 1. The van der Waals surface area contributed by atoms with Gasteiger partial charge >= 0.3 is 0 Å². The fourth-order valence-corrected chi connectivity index (χ4v) is 3.76. The molecule has 0 bridgehead atoms. The third kappa shape index (κ3) is 4.29. The molecular weight excluding hydrogens is 336 g/mol. The molecule has 1 aromatic heterocycles. The molecule has 1 aliphatic rings. The standard InChI is InChI=1S/C18H24N4O2S/c1-14-12-16(22-10-4-3-5-11-22)13-18(20-14)21-15-6-8-17(9-7-15)25(23,24)19-2/h6-9,12-13,19H,3-5,10-11H2,1-2H3,(H,20,21). The molecule has 2 N–H and O–H groups in total. The van der Waals surface area contributed by atoms with Crippen LogP contribution in [0.4, 0.5) is 17.2 Å². The summed E-state index contributed by atoms with van der Waals surface area (Å²) in [6.45, 7) is 4.15. The number of nitrogens with one attached hydrogen (secondary N) is 2. The summed E-state index contributed by atoms with van der Waals surface area (Å²) in [7, 11) is -2.01. The molecule has 0 amide bonds. The van der Waals surface area contributed by atoms with Crippen molar-refractivity contribution in [1.29, 1.82) is 0 Å². The summed E-state index contributed by atoms with van der Waals surface area (Å²) in [6.07, 6.45) is 3.75. The topological polar surface area (TPSA) is 74.3 Å². The number of aromatic nitrogens is 1. The Hall–Kier alpha value is -2.12. The van der Waals surface area contributed by atoms with Crippen molar-refractivity contribution >= 4 is 27.2 Å². The minimum Gasteiger partial charge on any atom is -0.371 e. The first-order chi connectivity index (χ1) is 12.0. The fraction of sp³-hybridized carbons (Fsp3) is 0.389. The predicted molar refractivity (Wildman–Crippen MR) is 101 cm³/mol. The van der Waals surface area contributed by atoms with Crippen LogP contribution in [0.1, 0.15) is 25.0 Å². The van der Waals surface area contributed by atoms with Crippen LogP contribution in [0.25, 0.3) is 0 Å². The molecule has 134 valence electrons. The highest BCUT2D eigenvalue weighted by Crippen LogP contribution is 2.25. The van der Waals surface area contributed by atoms with E-state index in [9.17, 15) is 8.42 Å². The maximum absolute atomic E-state index is 11.8. The minimum atomic E-state index is -3.42. The SMILES string of the molecule is CNS(=O)(=O)c1ccc(Nc2cc(N3CCCCC3)cc(C)n2)cc1. The first-order valence-electron chi connectivity index (χ1n) is 8.52. The molecule has 0 aliphatic carbocycles. The van der Waals surface area contributed by atoms with Crippen LogP contribution >= 0.6 is 0 Å². The first-order valence-corrected chi connectivity index (χ1v) is 10.0. The van der Waals surface area contributed by atoms with Gasteiger partial charge in [-0.25, -0.2) is 18.1 Å². The molecule has 0 atom stereocenters. The number of hydrogen-bond acceptors (Lipinski definition) is 5. The third-order valence-corrected chi connectivity index (χ3v) is 5.80. The molecule has 2 aromatic rings. The second-order valence-electron chi connectivity index (χ2n) is 6.26. The Morgan fingerprint density at radius 1 is 1.04 bits per heavy atom. The van der Waals surface area contributed by atoms with Crippen LogP contribution in [-0.4, -0.2) is 33.5 Å². The van der Waals surface area contributed by atoms with Crippen molar-refractivity contribution in [2.24, 2.45) is 0 Å². The smallest absolute Gasteiger partial charge is 0.240 e. The molecule has 25 heavy (non-hydrogen) atoms.